The highest BCUT2D eigenvalue weighted by Crippen LogP contribution is 2.29. The van der Waals surface area contributed by atoms with Crippen LogP contribution in [-0.2, 0) is 12.6 Å². The predicted molar refractivity (Wildman–Crippen MR) is 109 cm³/mol. The molecule has 2 aromatic heterocycles. The van der Waals surface area contributed by atoms with E-state index in [4.69, 9.17) is 15.7 Å². The van der Waals surface area contributed by atoms with Crippen molar-refractivity contribution in [2.24, 2.45) is 0 Å². The quantitative estimate of drug-likeness (QED) is 0.517. The topological polar surface area (TPSA) is 127 Å². The summed E-state index contributed by atoms with van der Waals surface area (Å²) in [4.78, 5) is 11.8. The largest absolute Gasteiger partial charge is 0.416 e. The van der Waals surface area contributed by atoms with Crippen LogP contribution < -0.4 is 11.1 Å². The Morgan fingerprint density at radius 1 is 1.10 bits per heavy atom. The molecule has 0 amide bonds. The summed E-state index contributed by atoms with van der Waals surface area (Å²) in [6, 6.07) is 5.33. The van der Waals surface area contributed by atoms with Gasteiger partial charge in [0.2, 0.25) is 5.89 Å². The zero-order valence-electron chi connectivity index (χ0n) is 16.6. The van der Waals surface area contributed by atoms with Crippen LogP contribution >= 0.6 is 0 Å². The van der Waals surface area contributed by atoms with E-state index in [1.807, 2.05) is 0 Å². The molecule has 2 heterocycles. The van der Waals surface area contributed by atoms with Gasteiger partial charge in [-0.3, -0.25) is 0 Å². The number of aromatic nitrogens is 4. The van der Waals surface area contributed by atoms with Crippen LogP contribution in [0.3, 0.4) is 0 Å². The van der Waals surface area contributed by atoms with Gasteiger partial charge in [0.1, 0.15) is 18.0 Å². The molecule has 0 aliphatic heterocycles. The number of nitrogens with one attached hydrogen (secondary N) is 2. The van der Waals surface area contributed by atoms with E-state index in [9.17, 15) is 13.2 Å². The summed E-state index contributed by atoms with van der Waals surface area (Å²) >= 11 is 0. The van der Waals surface area contributed by atoms with Gasteiger partial charge in [-0.15, -0.1) is 0 Å². The van der Waals surface area contributed by atoms with E-state index in [2.05, 4.69) is 25.4 Å². The molecule has 0 radical (unpaired) electrons. The lowest BCUT2D eigenvalue weighted by molar-refractivity contribution is -0.137. The first-order valence-electron chi connectivity index (χ1n) is 9.66. The minimum Gasteiger partial charge on any atom is -0.383 e. The van der Waals surface area contributed by atoms with Crippen molar-refractivity contribution in [2.75, 3.05) is 11.1 Å². The number of rotatable bonds is 5. The summed E-state index contributed by atoms with van der Waals surface area (Å²) < 4.78 is 41.5. The smallest absolute Gasteiger partial charge is 0.383 e. The van der Waals surface area contributed by atoms with Crippen molar-refractivity contribution in [3.05, 3.63) is 59.5 Å². The maximum Gasteiger partial charge on any atom is 0.416 e. The summed E-state index contributed by atoms with van der Waals surface area (Å²) in [5.41, 5.74) is 6.28. The van der Waals surface area contributed by atoms with Gasteiger partial charge in [0.25, 0.3) is 0 Å². The number of nitrogen functional groups attached to an aromatic ring is 1. The number of alkyl halides is 3. The number of halogens is 3. The molecule has 31 heavy (non-hydrogen) atoms. The molecule has 164 valence electrons. The number of benzene rings is 1. The molecule has 4 N–H and O–H groups in total. The highest BCUT2D eigenvalue weighted by Gasteiger charge is 2.29. The van der Waals surface area contributed by atoms with Gasteiger partial charge in [0.15, 0.2) is 6.33 Å². The third kappa shape index (κ3) is 6.24. The van der Waals surface area contributed by atoms with E-state index in [0.717, 1.165) is 12.1 Å². The van der Waals surface area contributed by atoms with E-state index in [1.54, 1.807) is 0 Å². The second kappa shape index (κ2) is 10.0. The van der Waals surface area contributed by atoms with Crippen molar-refractivity contribution in [3.63, 3.8) is 0 Å². The van der Waals surface area contributed by atoms with Crippen molar-refractivity contribution in [1.82, 2.24) is 20.1 Å². The minimum atomic E-state index is -4.30. The number of hydrogen-bond donors (Lipinski definition) is 3. The highest BCUT2D eigenvalue weighted by atomic mass is 19.4. The lowest BCUT2D eigenvalue weighted by Gasteiger charge is -2.14. The standard InChI is InChI=1S/C10H7F3N2O.C10H15N5/c11-10(12,13)8-3-1-7(2-4-8)5-9-14-6-15-16-9;11-5-8-9(12)13-6-14-10(8)15-7-3-1-2-4-7/h1-4,6H,5H2;5-7,11H,1-4H2,(H3,12,13,14,15). The van der Waals surface area contributed by atoms with Gasteiger partial charge in [-0.2, -0.15) is 18.2 Å². The van der Waals surface area contributed by atoms with Crippen LogP contribution in [0, 0.1) is 5.41 Å². The van der Waals surface area contributed by atoms with Crippen LogP contribution in [0.5, 0.6) is 0 Å². The highest BCUT2D eigenvalue weighted by molar-refractivity contribution is 5.89. The van der Waals surface area contributed by atoms with Crippen molar-refractivity contribution < 1.29 is 17.7 Å². The fourth-order valence-corrected chi connectivity index (χ4v) is 3.19. The van der Waals surface area contributed by atoms with Gasteiger partial charge in [-0.1, -0.05) is 30.1 Å². The van der Waals surface area contributed by atoms with Crippen LogP contribution in [0.15, 0.2) is 41.4 Å². The van der Waals surface area contributed by atoms with E-state index in [-0.39, 0.29) is 0 Å². The Balaban J connectivity index is 0.000000176. The Kier molecular flexibility index (Phi) is 7.16. The molecule has 0 saturated heterocycles. The van der Waals surface area contributed by atoms with Crippen molar-refractivity contribution >= 4 is 17.9 Å². The van der Waals surface area contributed by atoms with Gasteiger partial charge in [-0.05, 0) is 30.5 Å². The first kappa shape index (κ1) is 22.2. The Morgan fingerprint density at radius 3 is 2.39 bits per heavy atom. The maximum atomic E-state index is 12.3. The Labute approximate surface area is 176 Å². The molecule has 0 unspecified atom stereocenters. The summed E-state index contributed by atoms with van der Waals surface area (Å²) in [6.45, 7) is 0. The van der Waals surface area contributed by atoms with E-state index >= 15 is 0 Å². The molecule has 0 bridgehead atoms. The summed E-state index contributed by atoms with van der Waals surface area (Å²) in [5, 5.41) is 14.0. The first-order valence-corrected chi connectivity index (χ1v) is 9.66. The van der Waals surface area contributed by atoms with Crippen LogP contribution in [0.25, 0.3) is 0 Å². The van der Waals surface area contributed by atoms with Crippen LogP contribution in [0.2, 0.25) is 0 Å². The molecular formula is C20H22F3N7O. The minimum absolute atomic E-state index is 0.331. The maximum absolute atomic E-state index is 12.3. The average molecular weight is 433 g/mol. The second-order valence-corrected chi connectivity index (χ2v) is 7.00. The third-order valence-corrected chi connectivity index (χ3v) is 4.80. The zero-order chi connectivity index (χ0) is 22.3. The molecule has 0 atom stereocenters. The molecule has 3 aromatic rings. The lowest BCUT2D eigenvalue weighted by atomic mass is 10.1. The second-order valence-electron chi connectivity index (χ2n) is 7.00. The number of anilines is 2. The molecule has 8 nitrogen and oxygen atoms in total. The molecule has 1 saturated carbocycles. The van der Waals surface area contributed by atoms with Gasteiger partial charge in [0.05, 0.1) is 17.5 Å². The van der Waals surface area contributed by atoms with Crippen molar-refractivity contribution in [1.29, 1.82) is 5.41 Å². The molecule has 1 fully saturated rings. The van der Waals surface area contributed by atoms with E-state index < -0.39 is 11.7 Å². The van der Waals surface area contributed by atoms with E-state index in [0.29, 0.717) is 41.1 Å². The summed E-state index contributed by atoms with van der Waals surface area (Å²) in [7, 11) is 0. The monoisotopic (exact) mass is 433 g/mol. The number of nitrogens with zero attached hydrogens (tertiary/aromatic N) is 4. The Morgan fingerprint density at radius 2 is 1.81 bits per heavy atom. The Hall–Kier alpha value is -3.50. The lowest BCUT2D eigenvalue weighted by Crippen LogP contribution is -2.17. The van der Waals surface area contributed by atoms with Gasteiger partial charge >= 0.3 is 6.18 Å². The molecule has 1 aliphatic rings. The number of nitrogens with two attached hydrogens (primary N) is 1. The zero-order valence-corrected chi connectivity index (χ0v) is 16.6. The SMILES string of the molecule is FC(F)(F)c1ccc(Cc2ncno2)cc1.N=Cc1c(N)ncnc1NC1CCCC1. The molecule has 0 spiro atoms. The summed E-state index contributed by atoms with van der Waals surface area (Å²) in [5.74, 6) is 1.42. The van der Waals surface area contributed by atoms with Crippen LogP contribution in [0.1, 0.15) is 48.3 Å². The molecule has 11 heteroatoms. The third-order valence-electron chi connectivity index (χ3n) is 4.80. The van der Waals surface area contributed by atoms with E-state index in [1.165, 1.54) is 56.7 Å². The van der Waals surface area contributed by atoms with Crippen molar-refractivity contribution in [3.8, 4) is 0 Å². The molecular weight excluding hydrogens is 411 g/mol. The Bertz CT molecular complexity index is 969. The molecule has 1 aliphatic carbocycles. The van der Waals surface area contributed by atoms with Crippen LogP contribution in [0.4, 0.5) is 24.8 Å². The van der Waals surface area contributed by atoms with Crippen LogP contribution in [-0.4, -0.2) is 32.4 Å². The average Bonchev–Trinajstić information content (AvgIpc) is 3.43. The van der Waals surface area contributed by atoms with Gasteiger partial charge < -0.3 is 21.0 Å². The van der Waals surface area contributed by atoms with Gasteiger partial charge in [0, 0.05) is 12.3 Å². The fraction of sp³-hybridized carbons (Fsp3) is 0.350. The number of hydrogen-bond acceptors (Lipinski definition) is 8. The summed E-state index contributed by atoms with van der Waals surface area (Å²) in [6.07, 6.45) is 4.77. The molecule has 1 aromatic carbocycles. The first-order chi connectivity index (χ1) is 14.9. The predicted octanol–water partition coefficient (Wildman–Crippen LogP) is 4.09. The fourth-order valence-electron chi connectivity index (χ4n) is 3.19. The molecule has 4 rings (SSSR count). The van der Waals surface area contributed by atoms with Gasteiger partial charge in [-0.25, -0.2) is 9.97 Å². The van der Waals surface area contributed by atoms with Crippen molar-refractivity contribution in [2.45, 2.75) is 44.3 Å². The normalized spacial score (nSPS) is 14.0.